The molecule has 0 atom stereocenters. The number of carbonyl (C=O) groups is 1. The molecule has 1 aliphatic heterocycles. The minimum Gasteiger partial charge on any atom is -0.495 e. The highest BCUT2D eigenvalue weighted by atomic mass is 35.5. The van der Waals surface area contributed by atoms with Gasteiger partial charge < -0.3 is 19.7 Å². The molecule has 1 N–H and O–H groups in total. The second-order valence-electron chi connectivity index (χ2n) is 5.29. The van der Waals surface area contributed by atoms with Crippen LogP contribution in [-0.4, -0.2) is 38.2 Å². The van der Waals surface area contributed by atoms with Crippen molar-refractivity contribution in [2.24, 2.45) is 5.92 Å². The van der Waals surface area contributed by atoms with Crippen LogP contribution in [0.5, 0.6) is 11.5 Å². The summed E-state index contributed by atoms with van der Waals surface area (Å²) in [5, 5.41) is 3.29. The molecule has 0 spiro atoms. The van der Waals surface area contributed by atoms with Gasteiger partial charge in [0.1, 0.15) is 11.5 Å². The van der Waals surface area contributed by atoms with Crippen molar-refractivity contribution in [3.8, 4) is 11.5 Å². The minimum absolute atomic E-state index is 0.124. The standard InChI is InChI=1S/C15H21ClN2O3/c1-10-4-6-18(7-5-10)15(19)17-12-8-11(16)13(20-2)9-14(12)21-3/h8-10H,4-7H2,1-3H3,(H,17,19). The summed E-state index contributed by atoms with van der Waals surface area (Å²) < 4.78 is 10.4. The molecule has 0 aromatic heterocycles. The van der Waals surface area contributed by atoms with Gasteiger partial charge in [-0.25, -0.2) is 4.79 Å². The van der Waals surface area contributed by atoms with Gasteiger partial charge in [0.2, 0.25) is 0 Å². The predicted octanol–water partition coefficient (Wildman–Crippen LogP) is 3.62. The Hall–Kier alpha value is -1.62. The molecule has 0 radical (unpaired) electrons. The van der Waals surface area contributed by atoms with Gasteiger partial charge >= 0.3 is 6.03 Å². The van der Waals surface area contributed by atoms with Gasteiger partial charge in [0.15, 0.2) is 0 Å². The van der Waals surface area contributed by atoms with Gasteiger partial charge in [0.05, 0.1) is 24.9 Å². The number of carbonyl (C=O) groups excluding carboxylic acids is 1. The molecule has 21 heavy (non-hydrogen) atoms. The van der Waals surface area contributed by atoms with E-state index in [0.717, 1.165) is 25.9 Å². The Bertz CT molecular complexity index is 514. The van der Waals surface area contributed by atoms with Crippen molar-refractivity contribution in [3.05, 3.63) is 17.2 Å². The van der Waals surface area contributed by atoms with E-state index in [1.54, 1.807) is 19.2 Å². The smallest absolute Gasteiger partial charge is 0.321 e. The number of ether oxygens (including phenoxy) is 2. The second-order valence-corrected chi connectivity index (χ2v) is 5.69. The average Bonchev–Trinajstić information content (AvgIpc) is 2.48. The fourth-order valence-electron chi connectivity index (χ4n) is 2.36. The Morgan fingerprint density at radius 3 is 2.43 bits per heavy atom. The molecule has 1 saturated heterocycles. The number of rotatable bonds is 3. The molecule has 2 amide bonds. The van der Waals surface area contributed by atoms with Gasteiger partial charge in [0.25, 0.3) is 0 Å². The topological polar surface area (TPSA) is 50.8 Å². The van der Waals surface area contributed by atoms with Gasteiger partial charge in [-0.05, 0) is 24.8 Å². The molecule has 1 aromatic rings. The van der Waals surface area contributed by atoms with Crippen LogP contribution in [0, 0.1) is 5.92 Å². The summed E-state index contributed by atoms with van der Waals surface area (Å²) in [6.07, 6.45) is 2.07. The number of nitrogens with zero attached hydrogens (tertiary/aromatic N) is 1. The van der Waals surface area contributed by atoms with Crippen LogP contribution in [0.3, 0.4) is 0 Å². The zero-order valence-corrected chi connectivity index (χ0v) is 13.4. The Balaban J connectivity index is 2.11. The maximum Gasteiger partial charge on any atom is 0.321 e. The molecule has 1 heterocycles. The number of piperidine rings is 1. The van der Waals surface area contributed by atoms with Crippen molar-refractivity contribution in [3.63, 3.8) is 0 Å². The highest BCUT2D eigenvalue weighted by Crippen LogP contribution is 2.36. The van der Waals surface area contributed by atoms with Crippen LogP contribution < -0.4 is 14.8 Å². The molecule has 2 rings (SSSR count). The molecule has 116 valence electrons. The van der Waals surface area contributed by atoms with Crippen molar-refractivity contribution < 1.29 is 14.3 Å². The number of methoxy groups -OCH3 is 2. The number of anilines is 1. The first-order valence-electron chi connectivity index (χ1n) is 7.02. The highest BCUT2D eigenvalue weighted by molar-refractivity contribution is 6.32. The number of likely N-dealkylation sites (tertiary alicyclic amines) is 1. The van der Waals surface area contributed by atoms with Gasteiger partial charge in [-0.15, -0.1) is 0 Å². The number of hydrogen-bond acceptors (Lipinski definition) is 3. The maximum atomic E-state index is 12.3. The predicted molar refractivity (Wildman–Crippen MR) is 83.5 cm³/mol. The highest BCUT2D eigenvalue weighted by Gasteiger charge is 2.21. The van der Waals surface area contributed by atoms with E-state index in [1.165, 1.54) is 7.11 Å². The summed E-state index contributed by atoms with van der Waals surface area (Å²) >= 11 is 6.10. The average molecular weight is 313 g/mol. The van der Waals surface area contributed by atoms with Crippen molar-refractivity contribution >= 4 is 23.3 Å². The summed E-state index contributed by atoms with van der Waals surface area (Å²) in [5.41, 5.74) is 0.548. The third-order valence-electron chi connectivity index (χ3n) is 3.79. The van der Waals surface area contributed by atoms with Crippen LogP contribution in [0.2, 0.25) is 5.02 Å². The lowest BCUT2D eigenvalue weighted by Gasteiger charge is -2.30. The van der Waals surface area contributed by atoms with E-state index in [4.69, 9.17) is 21.1 Å². The Morgan fingerprint density at radius 1 is 1.24 bits per heavy atom. The minimum atomic E-state index is -0.124. The van der Waals surface area contributed by atoms with Crippen LogP contribution >= 0.6 is 11.6 Å². The van der Waals surface area contributed by atoms with Crippen molar-refractivity contribution in [2.45, 2.75) is 19.8 Å². The van der Waals surface area contributed by atoms with Crippen molar-refractivity contribution in [1.82, 2.24) is 4.90 Å². The fourth-order valence-corrected chi connectivity index (χ4v) is 2.60. The fraction of sp³-hybridized carbons (Fsp3) is 0.533. The third-order valence-corrected chi connectivity index (χ3v) is 4.08. The Kier molecular flexibility index (Phi) is 5.17. The van der Waals surface area contributed by atoms with E-state index >= 15 is 0 Å². The second kappa shape index (κ2) is 6.89. The molecule has 6 heteroatoms. The zero-order chi connectivity index (χ0) is 15.4. The largest absolute Gasteiger partial charge is 0.495 e. The lowest BCUT2D eigenvalue weighted by Crippen LogP contribution is -2.40. The summed E-state index contributed by atoms with van der Waals surface area (Å²) in [6, 6.07) is 3.18. The first kappa shape index (κ1) is 15.8. The van der Waals surface area contributed by atoms with Gasteiger partial charge in [-0.1, -0.05) is 18.5 Å². The van der Waals surface area contributed by atoms with Crippen molar-refractivity contribution in [1.29, 1.82) is 0 Å². The summed E-state index contributed by atoms with van der Waals surface area (Å²) in [4.78, 5) is 14.1. The van der Waals surface area contributed by atoms with E-state index in [1.807, 2.05) is 4.90 Å². The van der Waals surface area contributed by atoms with Crippen LogP contribution in [-0.2, 0) is 0 Å². The van der Waals surface area contributed by atoms with E-state index in [-0.39, 0.29) is 6.03 Å². The Labute approximate surface area is 130 Å². The van der Waals surface area contributed by atoms with E-state index in [9.17, 15) is 4.79 Å². The van der Waals surface area contributed by atoms with Gasteiger partial charge in [0, 0.05) is 19.2 Å². The lowest BCUT2D eigenvalue weighted by atomic mass is 10.00. The number of hydrogen-bond donors (Lipinski definition) is 1. The van der Waals surface area contributed by atoms with Gasteiger partial charge in [-0.2, -0.15) is 0 Å². The molecule has 1 fully saturated rings. The van der Waals surface area contributed by atoms with Crippen molar-refractivity contribution in [2.75, 3.05) is 32.6 Å². The molecule has 1 aromatic carbocycles. The van der Waals surface area contributed by atoms with Gasteiger partial charge in [-0.3, -0.25) is 0 Å². The quantitative estimate of drug-likeness (QED) is 0.927. The first-order valence-corrected chi connectivity index (χ1v) is 7.40. The summed E-state index contributed by atoms with van der Waals surface area (Å²) in [7, 11) is 3.08. The van der Waals surface area contributed by atoms with Crippen LogP contribution in [0.15, 0.2) is 12.1 Å². The monoisotopic (exact) mass is 312 g/mol. The van der Waals surface area contributed by atoms with Crippen LogP contribution in [0.4, 0.5) is 10.5 Å². The van der Waals surface area contributed by atoms with E-state index in [2.05, 4.69) is 12.2 Å². The normalized spacial score (nSPS) is 15.7. The van der Waals surface area contributed by atoms with Crippen LogP contribution in [0.1, 0.15) is 19.8 Å². The summed E-state index contributed by atoms with van der Waals surface area (Å²) in [6.45, 7) is 3.76. The summed E-state index contributed by atoms with van der Waals surface area (Å²) in [5.74, 6) is 1.72. The molecule has 0 saturated carbocycles. The molecule has 5 nitrogen and oxygen atoms in total. The third kappa shape index (κ3) is 3.73. The number of benzene rings is 1. The number of nitrogens with one attached hydrogen (secondary N) is 1. The number of amides is 2. The maximum absolute atomic E-state index is 12.3. The molecule has 0 aliphatic carbocycles. The first-order chi connectivity index (χ1) is 10.0. The number of halogens is 1. The zero-order valence-electron chi connectivity index (χ0n) is 12.6. The molecular formula is C15H21ClN2O3. The molecular weight excluding hydrogens is 292 g/mol. The number of urea groups is 1. The molecule has 1 aliphatic rings. The Morgan fingerprint density at radius 2 is 1.86 bits per heavy atom. The molecule has 0 bridgehead atoms. The molecule has 0 unspecified atom stereocenters. The lowest BCUT2D eigenvalue weighted by molar-refractivity contribution is 0.186. The SMILES string of the molecule is COc1cc(OC)c(NC(=O)N2CCC(C)CC2)cc1Cl. The van der Waals surface area contributed by atoms with E-state index in [0.29, 0.717) is 28.1 Å². The van der Waals surface area contributed by atoms with Crippen LogP contribution in [0.25, 0.3) is 0 Å². The van der Waals surface area contributed by atoms with E-state index < -0.39 is 0 Å².